The summed E-state index contributed by atoms with van der Waals surface area (Å²) >= 11 is 0. The Hall–Kier alpha value is -3.65. The van der Waals surface area contributed by atoms with E-state index in [0.717, 1.165) is 61.2 Å². The lowest BCUT2D eigenvalue weighted by molar-refractivity contribution is -0.142. The maximum Gasteiger partial charge on any atom is 0.408 e. The van der Waals surface area contributed by atoms with Crippen LogP contribution in [0.1, 0.15) is 24.1 Å². The molecule has 0 aliphatic carbocycles. The van der Waals surface area contributed by atoms with E-state index in [9.17, 15) is 13.2 Å². The molecule has 0 bridgehead atoms. The van der Waals surface area contributed by atoms with Crippen molar-refractivity contribution in [2.45, 2.75) is 32.1 Å². The second-order valence-electron chi connectivity index (χ2n) is 9.73. The fraction of sp³-hybridized carbons (Fsp3) is 0.417. The molecule has 2 aliphatic rings. The van der Waals surface area contributed by atoms with E-state index in [2.05, 4.69) is 54.1 Å². The van der Waals surface area contributed by atoms with Crippen LogP contribution in [-0.4, -0.2) is 62.0 Å². The van der Waals surface area contributed by atoms with Crippen LogP contribution in [0.5, 0.6) is 0 Å². The fourth-order valence-electron chi connectivity index (χ4n) is 5.39. The number of alkyl halides is 3. The first-order chi connectivity index (χ1) is 16.8. The molecule has 4 aromatic rings. The van der Waals surface area contributed by atoms with Crippen molar-refractivity contribution in [1.82, 2.24) is 29.6 Å². The SMILES string of the molecule is N#Cc1cc2ccc(CN3CCC4(CC3)CN(c3ncnc5nn(CC(F)(F)F)cc35)C4)cc2[nH]1. The van der Waals surface area contributed by atoms with E-state index in [0.29, 0.717) is 16.9 Å². The first-order valence-electron chi connectivity index (χ1n) is 11.5. The zero-order chi connectivity index (χ0) is 24.2. The van der Waals surface area contributed by atoms with E-state index in [-0.39, 0.29) is 11.1 Å². The molecule has 3 aromatic heterocycles. The van der Waals surface area contributed by atoms with Gasteiger partial charge in [0.15, 0.2) is 5.65 Å². The number of piperidine rings is 1. The summed E-state index contributed by atoms with van der Waals surface area (Å²) in [6.07, 6.45) is 0.559. The van der Waals surface area contributed by atoms with Gasteiger partial charge in [-0.05, 0) is 43.6 Å². The Morgan fingerprint density at radius 2 is 1.91 bits per heavy atom. The number of aromatic nitrogens is 5. The quantitative estimate of drug-likeness (QED) is 0.477. The van der Waals surface area contributed by atoms with Gasteiger partial charge in [-0.3, -0.25) is 9.58 Å². The lowest BCUT2D eigenvalue weighted by Crippen LogP contribution is -2.60. The number of hydrogen-bond donors (Lipinski definition) is 1. The molecule has 6 rings (SSSR count). The third-order valence-electron chi connectivity index (χ3n) is 7.17. The Kier molecular flexibility index (Phi) is 4.96. The Morgan fingerprint density at radius 3 is 2.66 bits per heavy atom. The van der Waals surface area contributed by atoms with Crippen LogP contribution in [0, 0.1) is 16.7 Å². The average Bonchev–Trinajstić information content (AvgIpc) is 3.39. The van der Waals surface area contributed by atoms with Crippen LogP contribution in [-0.2, 0) is 13.1 Å². The highest BCUT2D eigenvalue weighted by molar-refractivity contribution is 5.86. The smallest absolute Gasteiger partial charge is 0.355 e. The van der Waals surface area contributed by atoms with Crippen LogP contribution >= 0.6 is 0 Å². The van der Waals surface area contributed by atoms with E-state index >= 15 is 0 Å². The molecular weight excluding hydrogens is 457 g/mol. The highest BCUT2D eigenvalue weighted by Crippen LogP contribution is 2.43. The Bertz CT molecular complexity index is 1430. The molecule has 2 saturated heterocycles. The number of H-pyrrole nitrogens is 1. The van der Waals surface area contributed by atoms with E-state index in [4.69, 9.17) is 5.26 Å². The topological polar surface area (TPSA) is 89.7 Å². The number of nitrogens with one attached hydrogen (secondary N) is 1. The monoisotopic (exact) mass is 480 g/mol. The van der Waals surface area contributed by atoms with Crippen molar-refractivity contribution >= 4 is 27.8 Å². The van der Waals surface area contributed by atoms with E-state index in [1.54, 1.807) is 0 Å². The Labute approximate surface area is 199 Å². The summed E-state index contributed by atoms with van der Waals surface area (Å²) in [5.41, 5.74) is 3.27. The predicted octanol–water partition coefficient (Wildman–Crippen LogP) is 3.84. The average molecular weight is 480 g/mol. The number of nitrogens with zero attached hydrogens (tertiary/aromatic N) is 7. The van der Waals surface area contributed by atoms with Crippen molar-refractivity contribution < 1.29 is 13.2 Å². The number of benzene rings is 1. The molecule has 35 heavy (non-hydrogen) atoms. The largest absolute Gasteiger partial charge is 0.408 e. The molecule has 0 unspecified atom stereocenters. The number of anilines is 1. The number of hydrogen-bond acceptors (Lipinski definition) is 6. The van der Waals surface area contributed by atoms with Crippen LogP contribution in [0.4, 0.5) is 19.0 Å². The van der Waals surface area contributed by atoms with Crippen LogP contribution in [0.3, 0.4) is 0 Å². The fourth-order valence-corrected chi connectivity index (χ4v) is 5.39. The van der Waals surface area contributed by atoms with Gasteiger partial charge in [-0.1, -0.05) is 12.1 Å². The van der Waals surface area contributed by atoms with Gasteiger partial charge in [-0.15, -0.1) is 0 Å². The minimum absolute atomic E-state index is 0.209. The minimum Gasteiger partial charge on any atom is -0.355 e. The molecule has 0 atom stereocenters. The van der Waals surface area contributed by atoms with Gasteiger partial charge in [0.2, 0.25) is 0 Å². The number of halogens is 3. The summed E-state index contributed by atoms with van der Waals surface area (Å²) in [6, 6.07) is 10.3. The van der Waals surface area contributed by atoms with Crippen LogP contribution < -0.4 is 4.90 Å². The van der Waals surface area contributed by atoms with E-state index < -0.39 is 12.7 Å². The van der Waals surface area contributed by atoms with Crippen molar-refractivity contribution in [2.24, 2.45) is 5.41 Å². The highest BCUT2D eigenvalue weighted by atomic mass is 19.4. The van der Waals surface area contributed by atoms with Gasteiger partial charge in [0.1, 0.15) is 30.5 Å². The zero-order valence-electron chi connectivity index (χ0n) is 18.9. The zero-order valence-corrected chi connectivity index (χ0v) is 18.9. The van der Waals surface area contributed by atoms with Crippen LogP contribution in [0.25, 0.3) is 21.9 Å². The van der Waals surface area contributed by atoms with Gasteiger partial charge >= 0.3 is 6.18 Å². The number of nitriles is 1. The minimum atomic E-state index is -4.34. The van der Waals surface area contributed by atoms with Crippen molar-refractivity contribution in [3.8, 4) is 6.07 Å². The molecule has 0 radical (unpaired) electrons. The van der Waals surface area contributed by atoms with Crippen molar-refractivity contribution in [2.75, 3.05) is 31.1 Å². The second kappa shape index (κ2) is 7.95. The number of fused-ring (bicyclic) bond motifs is 2. The van der Waals surface area contributed by atoms with Gasteiger partial charge in [0.05, 0.1) is 5.39 Å². The normalized spacial score (nSPS) is 18.3. The maximum absolute atomic E-state index is 12.8. The van der Waals surface area contributed by atoms with Crippen molar-refractivity contribution in [3.63, 3.8) is 0 Å². The molecule has 0 amide bonds. The predicted molar refractivity (Wildman–Crippen MR) is 124 cm³/mol. The summed E-state index contributed by atoms with van der Waals surface area (Å²) in [4.78, 5) is 16.1. The standard InChI is InChI=1S/C24H23F3N8/c25-24(26,27)14-35-11-19-21(32-35)29-15-30-22(19)34-12-23(13-34)3-5-33(6-4-23)10-16-1-2-17-8-18(9-28)31-20(17)7-16/h1-2,7-8,11,15,31H,3-6,10,12-14H2. The lowest BCUT2D eigenvalue weighted by Gasteiger charge is -2.54. The summed E-state index contributed by atoms with van der Waals surface area (Å²) in [6.45, 7) is 3.37. The highest BCUT2D eigenvalue weighted by Gasteiger charge is 2.45. The number of likely N-dealkylation sites (tertiary alicyclic amines) is 1. The van der Waals surface area contributed by atoms with Gasteiger partial charge in [0.25, 0.3) is 0 Å². The van der Waals surface area contributed by atoms with Gasteiger partial charge < -0.3 is 9.88 Å². The summed E-state index contributed by atoms with van der Waals surface area (Å²) < 4.78 is 39.2. The molecule has 1 aromatic carbocycles. The molecule has 180 valence electrons. The van der Waals surface area contributed by atoms with E-state index in [1.165, 1.54) is 18.1 Å². The molecule has 2 fully saturated rings. The van der Waals surface area contributed by atoms with Crippen LogP contribution in [0.2, 0.25) is 0 Å². The molecule has 5 heterocycles. The van der Waals surface area contributed by atoms with E-state index in [1.807, 2.05) is 6.07 Å². The summed E-state index contributed by atoms with van der Waals surface area (Å²) in [7, 11) is 0. The van der Waals surface area contributed by atoms with Gasteiger partial charge in [-0.25, -0.2) is 9.97 Å². The second-order valence-corrected chi connectivity index (χ2v) is 9.73. The van der Waals surface area contributed by atoms with Crippen molar-refractivity contribution in [1.29, 1.82) is 5.26 Å². The number of rotatable bonds is 4. The first kappa shape index (κ1) is 21.9. The van der Waals surface area contributed by atoms with Crippen molar-refractivity contribution in [3.05, 3.63) is 48.0 Å². The first-order valence-corrected chi connectivity index (χ1v) is 11.5. The molecule has 8 nitrogen and oxygen atoms in total. The Morgan fingerprint density at radius 1 is 1.11 bits per heavy atom. The Balaban J connectivity index is 1.09. The summed E-state index contributed by atoms with van der Waals surface area (Å²) in [5.74, 6) is 0.660. The van der Waals surface area contributed by atoms with Gasteiger partial charge in [0, 0.05) is 42.1 Å². The molecule has 11 heteroatoms. The van der Waals surface area contributed by atoms with Gasteiger partial charge in [-0.2, -0.15) is 23.5 Å². The third-order valence-corrected chi connectivity index (χ3v) is 7.17. The molecule has 2 aliphatic heterocycles. The maximum atomic E-state index is 12.8. The lowest BCUT2D eigenvalue weighted by atomic mass is 9.72. The molecule has 0 saturated carbocycles. The molecular formula is C24H23F3N8. The third kappa shape index (κ3) is 4.18. The molecule has 1 N–H and O–H groups in total. The number of aromatic amines is 1. The summed E-state index contributed by atoms with van der Waals surface area (Å²) in [5, 5.41) is 14.7. The van der Waals surface area contributed by atoms with Crippen LogP contribution in [0.15, 0.2) is 36.8 Å². The molecule has 1 spiro atoms.